The lowest BCUT2D eigenvalue weighted by Gasteiger charge is -2.32. The quantitative estimate of drug-likeness (QED) is 0.864. The first kappa shape index (κ1) is 17.9. The van der Waals surface area contributed by atoms with Crippen molar-refractivity contribution in [3.05, 3.63) is 11.8 Å². The Hall–Kier alpha value is -1.17. The molecule has 0 saturated carbocycles. The summed E-state index contributed by atoms with van der Waals surface area (Å²) in [6, 6.07) is 2.08. The van der Waals surface area contributed by atoms with Crippen LogP contribution in [0.3, 0.4) is 0 Å². The van der Waals surface area contributed by atoms with E-state index in [1.165, 1.54) is 0 Å². The van der Waals surface area contributed by atoms with Crippen LogP contribution in [0.4, 0.5) is 0 Å². The Morgan fingerprint density at radius 1 is 1.48 bits per heavy atom. The summed E-state index contributed by atoms with van der Waals surface area (Å²) in [4.78, 5) is 0. The van der Waals surface area contributed by atoms with E-state index in [1.54, 1.807) is 10.9 Å². The smallest absolute Gasteiger partial charge is 0.195 e. The van der Waals surface area contributed by atoms with E-state index < -0.39 is 18.2 Å². The SMILES string of the molecule is CC(C)n1cc(C#N)c(S(N)(=O)=N[Si](C)(C)C(C)(C)C)n1. The highest BCUT2D eigenvalue weighted by molar-refractivity contribution is 7.92. The predicted molar refractivity (Wildman–Crippen MR) is 87.5 cm³/mol. The van der Waals surface area contributed by atoms with Gasteiger partial charge in [-0.15, -0.1) is 0 Å². The molecule has 1 atom stereocenters. The molecule has 0 saturated heterocycles. The van der Waals surface area contributed by atoms with Gasteiger partial charge >= 0.3 is 0 Å². The highest BCUT2D eigenvalue weighted by Gasteiger charge is 2.38. The van der Waals surface area contributed by atoms with Crippen LogP contribution in [0.15, 0.2) is 15.3 Å². The number of nitrogens with zero attached hydrogens (tertiary/aromatic N) is 4. The van der Waals surface area contributed by atoms with Gasteiger partial charge in [0.15, 0.2) is 13.3 Å². The number of hydrogen-bond donors (Lipinski definition) is 1. The van der Waals surface area contributed by atoms with Gasteiger partial charge in [-0.25, -0.2) is 9.35 Å². The summed E-state index contributed by atoms with van der Waals surface area (Å²) in [6.45, 7) is 14.1. The van der Waals surface area contributed by atoms with Crippen molar-refractivity contribution in [2.75, 3.05) is 0 Å². The molecule has 0 aromatic carbocycles. The van der Waals surface area contributed by atoms with Crippen LogP contribution in [0, 0.1) is 11.3 Å². The van der Waals surface area contributed by atoms with Crippen LogP contribution in [0.2, 0.25) is 18.1 Å². The lowest BCUT2D eigenvalue weighted by molar-refractivity contribution is 0.520. The van der Waals surface area contributed by atoms with Gasteiger partial charge in [0.1, 0.15) is 21.5 Å². The zero-order chi connectivity index (χ0) is 16.6. The van der Waals surface area contributed by atoms with Gasteiger partial charge in [0.25, 0.3) is 0 Å². The zero-order valence-electron chi connectivity index (χ0n) is 13.8. The van der Waals surface area contributed by atoms with Crippen LogP contribution in [0.5, 0.6) is 0 Å². The van der Waals surface area contributed by atoms with E-state index in [0.717, 1.165) is 0 Å². The second-order valence-corrected chi connectivity index (χ2v) is 13.9. The summed E-state index contributed by atoms with van der Waals surface area (Å²) in [6.07, 6.45) is 1.58. The topological polar surface area (TPSA) is 97.1 Å². The van der Waals surface area contributed by atoms with Crippen molar-refractivity contribution in [3.8, 4) is 6.07 Å². The van der Waals surface area contributed by atoms with Crippen LogP contribution < -0.4 is 5.14 Å². The summed E-state index contributed by atoms with van der Waals surface area (Å²) in [5.74, 6) is 0. The van der Waals surface area contributed by atoms with Gasteiger partial charge < -0.3 is 0 Å². The monoisotopic (exact) mass is 327 g/mol. The third-order valence-electron chi connectivity index (χ3n) is 3.82. The summed E-state index contributed by atoms with van der Waals surface area (Å²) in [5.41, 5.74) is 0.235. The Bertz CT molecular complexity index is 684. The van der Waals surface area contributed by atoms with Crippen molar-refractivity contribution in [1.82, 2.24) is 9.78 Å². The van der Waals surface area contributed by atoms with Gasteiger partial charge in [0, 0.05) is 12.2 Å². The van der Waals surface area contributed by atoms with Crippen LogP contribution in [0.25, 0.3) is 0 Å². The molecule has 1 aromatic heterocycles. The molecule has 118 valence electrons. The molecular weight excluding hydrogens is 302 g/mol. The molecule has 2 N–H and O–H groups in total. The first-order chi connectivity index (χ1) is 9.32. The van der Waals surface area contributed by atoms with Crippen LogP contribution in [0.1, 0.15) is 46.2 Å². The summed E-state index contributed by atoms with van der Waals surface area (Å²) in [5, 5.41) is 19.5. The average Bonchev–Trinajstić information content (AvgIpc) is 2.70. The molecule has 0 bridgehead atoms. The lowest BCUT2D eigenvalue weighted by atomic mass is 10.2. The maximum absolute atomic E-state index is 12.9. The number of nitriles is 1. The van der Waals surface area contributed by atoms with E-state index >= 15 is 0 Å². The van der Waals surface area contributed by atoms with Gasteiger partial charge in [0.2, 0.25) is 0 Å². The molecule has 6 nitrogen and oxygen atoms in total. The molecule has 0 spiro atoms. The van der Waals surface area contributed by atoms with Crippen molar-refractivity contribution in [2.24, 2.45) is 9.17 Å². The van der Waals surface area contributed by atoms with Crippen LogP contribution in [-0.4, -0.2) is 22.2 Å². The summed E-state index contributed by atoms with van der Waals surface area (Å²) < 4.78 is 19.0. The predicted octanol–water partition coefficient (Wildman–Crippen LogP) is 3.04. The molecule has 1 heterocycles. The molecule has 0 aliphatic rings. The molecular formula is C13H25N5OSSi. The van der Waals surface area contributed by atoms with Crippen LogP contribution >= 0.6 is 0 Å². The largest absolute Gasteiger partial charge is 0.268 e. The maximum atomic E-state index is 12.9. The maximum Gasteiger partial charge on any atom is 0.195 e. The van der Waals surface area contributed by atoms with E-state index in [4.69, 9.17) is 5.14 Å². The molecule has 1 rings (SSSR count). The Morgan fingerprint density at radius 2 is 2.00 bits per heavy atom. The van der Waals surface area contributed by atoms with Gasteiger partial charge in [-0.2, -0.15) is 10.4 Å². The zero-order valence-corrected chi connectivity index (χ0v) is 15.7. The number of aromatic nitrogens is 2. The first-order valence-electron chi connectivity index (χ1n) is 6.87. The number of rotatable bonds is 3. The van der Waals surface area contributed by atoms with Crippen molar-refractivity contribution in [2.45, 2.75) is 63.8 Å². The van der Waals surface area contributed by atoms with Gasteiger partial charge in [0.05, 0.1) is 0 Å². The first-order valence-corrected chi connectivity index (χ1v) is 11.4. The minimum atomic E-state index is -3.17. The molecule has 21 heavy (non-hydrogen) atoms. The fourth-order valence-electron chi connectivity index (χ4n) is 1.45. The molecule has 0 amide bonds. The Labute approximate surface area is 128 Å². The molecule has 0 aliphatic heterocycles. The van der Waals surface area contributed by atoms with Crippen LogP contribution in [-0.2, 0) is 9.92 Å². The molecule has 0 fully saturated rings. The molecule has 0 radical (unpaired) electrons. The Morgan fingerprint density at radius 3 is 2.38 bits per heavy atom. The second-order valence-electron chi connectivity index (χ2n) is 7.00. The van der Waals surface area contributed by atoms with Gasteiger partial charge in [-0.3, -0.25) is 8.71 Å². The number of nitrogens with two attached hydrogens (primary N) is 1. The minimum Gasteiger partial charge on any atom is -0.268 e. The summed E-state index contributed by atoms with van der Waals surface area (Å²) in [7, 11) is -5.39. The molecule has 0 aliphatic carbocycles. The van der Waals surface area contributed by atoms with E-state index in [2.05, 4.69) is 29.9 Å². The van der Waals surface area contributed by atoms with E-state index in [9.17, 15) is 9.47 Å². The normalized spacial score (nSPS) is 15.6. The standard InChI is InChI=1S/C13H25N5OSSi/c1-10(2)18-9-11(8-14)12(16-18)20(15,19)17-21(6,7)13(3,4)5/h9-10H,1-7H3,(H2,15,17,19). The van der Waals surface area contributed by atoms with E-state index in [-0.39, 0.29) is 21.7 Å². The van der Waals surface area contributed by atoms with Crippen molar-refractivity contribution in [1.29, 1.82) is 5.26 Å². The van der Waals surface area contributed by atoms with Gasteiger partial charge in [-0.05, 0) is 32.0 Å². The van der Waals surface area contributed by atoms with E-state index in [1.807, 2.05) is 33.0 Å². The van der Waals surface area contributed by atoms with Crippen molar-refractivity contribution >= 4 is 18.2 Å². The third-order valence-corrected chi connectivity index (χ3v) is 11.3. The highest BCUT2D eigenvalue weighted by Crippen LogP contribution is 2.37. The third kappa shape index (κ3) is 3.73. The fourth-order valence-corrected chi connectivity index (χ4v) is 6.23. The molecule has 1 aromatic rings. The highest BCUT2D eigenvalue weighted by atomic mass is 32.2. The molecule has 8 heteroatoms. The van der Waals surface area contributed by atoms with Crippen molar-refractivity contribution in [3.63, 3.8) is 0 Å². The van der Waals surface area contributed by atoms with Crippen molar-refractivity contribution < 1.29 is 4.21 Å². The Balaban J connectivity index is 3.52. The molecule has 1 unspecified atom stereocenters. The van der Waals surface area contributed by atoms with E-state index in [0.29, 0.717) is 0 Å². The number of hydrogen-bond acceptors (Lipinski definition) is 4. The fraction of sp³-hybridized carbons (Fsp3) is 0.692. The minimum absolute atomic E-state index is 0.0638. The second kappa shape index (κ2) is 5.55. The Kier molecular flexibility index (Phi) is 4.73. The lowest BCUT2D eigenvalue weighted by Crippen LogP contribution is -2.37. The average molecular weight is 328 g/mol. The van der Waals surface area contributed by atoms with Gasteiger partial charge in [-0.1, -0.05) is 20.8 Å². The summed E-state index contributed by atoms with van der Waals surface area (Å²) >= 11 is 0.